The zero-order valence-corrected chi connectivity index (χ0v) is 27.0. The van der Waals surface area contributed by atoms with E-state index < -0.39 is 0 Å². The Kier molecular flexibility index (Phi) is 6.65. The van der Waals surface area contributed by atoms with Crippen molar-refractivity contribution in [2.45, 2.75) is 51.4 Å². The van der Waals surface area contributed by atoms with Gasteiger partial charge in [-0.25, -0.2) is 0 Å². The van der Waals surface area contributed by atoms with E-state index in [9.17, 15) is 0 Å². The normalized spacial score (nSPS) is 15.1. The largest absolute Gasteiger partial charge is 0.454 e. The molecule has 7 aromatic rings. The summed E-state index contributed by atoms with van der Waals surface area (Å²) in [4.78, 5) is 2.34. The Balaban J connectivity index is 1.31. The fraction of sp³-hybridized carbons (Fsp3) is 0.182. The predicted molar refractivity (Wildman–Crippen MR) is 195 cm³/mol. The van der Waals surface area contributed by atoms with Crippen molar-refractivity contribution < 1.29 is 4.42 Å². The lowest BCUT2D eigenvalue weighted by atomic mass is 9.63. The number of nitrogens with zero attached hydrogens (tertiary/aromatic N) is 1. The van der Waals surface area contributed by atoms with E-state index in [2.05, 4.69) is 172 Å². The topological polar surface area (TPSA) is 16.4 Å². The van der Waals surface area contributed by atoms with Crippen molar-refractivity contribution in [3.63, 3.8) is 0 Å². The van der Waals surface area contributed by atoms with E-state index in [-0.39, 0.29) is 10.8 Å². The Hall–Kier alpha value is -5.08. The first-order valence-corrected chi connectivity index (χ1v) is 16.4. The zero-order chi connectivity index (χ0) is 31.5. The van der Waals surface area contributed by atoms with Crippen molar-refractivity contribution in [1.29, 1.82) is 0 Å². The van der Waals surface area contributed by atoms with Crippen molar-refractivity contribution in [3.8, 4) is 22.3 Å². The van der Waals surface area contributed by atoms with Crippen LogP contribution in [0.25, 0.3) is 44.2 Å². The van der Waals surface area contributed by atoms with E-state index in [0.717, 1.165) is 33.6 Å². The minimum absolute atomic E-state index is 0.119. The highest BCUT2D eigenvalue weighted by Gasteiger charge is 2.38. The monoisotopic (exact) mass is 597 g/mol. The molecule has 0 radical (unpaired) electrons. The van der Waals surface area contributed by atoms with Crippen molar-refractivity contribution in [1.82, 2.24) is 0 Å². The smallest absolute Gasteiger partial charge is 0.159 e. The summed E-state index contributed by atoms with van der Waals surface area (Å²) in [6, 6.07) is 50.2. The average molecular weight is 598 g/mol. The van der Waals surface area contributed by atoms with Gasteiger partial charge in [0.05, 0.1) is 5.69 Å². The number of fused-ring (bicyclic) bond motifs is 4. The van der Waals surface area contributed by atoms with Crippen LogP contribution in [-0.4, -0.2) is 0 Å². The van der Waals surface area contributed by atoms with E-state index >= 15 is 0 Å². The quantitative estimate of drug-likeness (QED) is 0.196. The van der Waals surface area contributed by atoms with Crippen LogP contribution in [0.4, 0.5) is 17.1 Å². The summed E-state index contributed by atoms with van der Waals surface area (Å²) < 4.78 is 6.88. The molecule has 0 atom stereocenters. The SMILES string of the molecule is CC1(C)CCC(C)(C)c2cc3c(cc21)oc1c(N(c2ccc(-c4ccccc4)cc2)c2ccc(-c4ccccc4)cc2)cccc13. The van der Waals surface area contributed by atoms with Gasteiger partial charge in [-0.15, -0.1) is 0 Å². The summed E-state index contributed by atoms with van der Waals surface area (Å²) in [7, 11) is 0. The molecule has 0 saturated heterocycles. The molecule has 6 aromatic carbocycles. The fourth-order valence-corrected chi connectivity index (χ4v) is 7.31. The van der Waals surface area contributed by atoms with Crippen LogP contribution in [0.3, 0.4) is 0 Å². The molecule has 46 heavy (non-hydrogen) atoms. The summed E-state index contributed by atoms with van der Waals surface area (Å²) >= 11 is 0. The second-order valence-electron chi connectivity index (χ2n) is 14.1. The van der Waals surface area contributed by atoms with Gasteiger partial charge < -0.3 is 9.32 Å². The molecule has 1 aromatic heterocycles. The summed E-state index contributed by atoms with van der Waals surface area (Å²) in [6.45, 7) is 9.53. The van der Waals surface area contributed by atoms with Gasteiger partial charge in [-0.3, -0.25) is 0 Å². The van der Waals surface area contributed by atoms with E-state index in [4.69, 9.17) is 4.42 Å². The predicted octanol–water partition coefficient (Wildman–Crippen LogP) is 12.7. The number of benzene rings is 6. The number of para-hydroxylation sites is 1. The Morgan fingerprint density at radius 3 is 1.48 bits per heavy atom. The molecule has 1 heterocycles. The Labute approximate surface area is 271 Å². The molecule has 0 aliphatic heterocycles. The van der Waals surface area contributed by atoms with Gasteiger partial charge in [0.2, 0.25) is 0 Å². The number of anilines is 3. The third kappa shape index (κ3) is 4.81. The van der Waals surface area contributed by atoms with E-state index in [1.165, 1.54) is 51.6 Å². The van der Waals surface area contributed by atoms with Gasteiger partial charge in [0.1, 0.15) is 5.58 Å². The first-order chi connectivity index (χ1) is 22.3. The number of rotatable bonds is 5. The van der Waals surface area contributed by atoms with Crippen LogP contribution in [0.2, 0.25) is 0 Å². The van der Waals surface area contributed by atoms with Gasteiger partial charge >= 0.3 is 0 Å². The summed E-state index contributed by atoms with van der Waals surface area (Å²) in [5.41, 5.74) is 13.0. The van der Waals surface area contributed by atoms with Gasteiger partial charge in [-0.05, 0) is 99.5 Å². The summed E-state index contributed by atoms with van der Waals surface area (Å²) in [5, 5.41) is 2.35. The second-order valence-corrected chi connectivity index (χ2v) is 14.1. The van der Waals surface area contributed by atoms with Gasteiger partial charge in [0.15, 0.2) is 5.58 Å². The molecular weight excluding hydrogens is 558 g/mol. The minimum atomic E-state index is 0.119. The molecule has 226 valence electrons. The van der Waals surface area contributed by atoms with Crippen molar-refractivity contribution in [2.75, 3.05) is 4.90 Å². The number of hydrogen-bond donors (Lipinski definition) is 0. The molecule has 8 rings (SSSR count). The van der Waals surface area contributed by atoms with E-state index in [1.807, 2.05) is 0 Å². The van der Waals surface area contributed by atoms with Crippen molar-refractivity contribution in [3.05, 3.63) is 151 Å². The van der Waals surface area contributed by atoms with E-state index in [0.29, 0.717) is 0 Å². The third-order valence-corrected chi connectivity index (χ3v) is 10.2. The van der Waals surface area contributed by atoms with Crippen LogP contribution in [0.15, 0.2) is 144 Å². The number of furan rings is 1. The van der Waals surface area contributed by atoms with Crippen LogP contribution in [0.5, 0.6) is 0 Å². The molecule has 0 saturated carbocycles. The number of hydrogen-bond acceptors (Lipinski definition) is 2. The average Bonchev–Trinajstić information content (AvgIpc) is 3.47. The Bertz CT molecular complexity index is 2090. The molecule has 0 amide bonds. The third-order valence-electron chi connectivity index (χ3n) is 10.2. The van der Waals surface area contributed by atoms with Crippen LogP contribution < -0.4 is 4.90 Å². The maximum atomic E-state index is 6.88. The fourth-order valence-electron chi connectivity index (χ4n) is 7.31. The van der Waals surface area contributed by atoms with Gasteiger partial charge in [0.25, 0.3) is 0 Å². The first kappa shape index (κ1) is 28.4. The standard InChI is InChI=1S/C44H39NO/c1-43(2)26-27-44(3,4)39-29-41-37(28-38(39)43)36-16-11-17-40(42(36)46-41)45(34-22-18-32(19-23-34)30-12-7-5-8-13-30)35-24-20-33(21-25-35)31-14-9-6-10-15-31/h5-25,28-29H,26-27H2,1-4H3. The summed E-state index contributed by atoms with van der Waals surface area (Å²) in [6.07, 6.45) is 2.36. The molecule has 0 spiro atoms. The van der Waals surface area contributed by atoms with Crippen LogP contribution in [0, 0.1) is 0 Å². The van der Waals surface area contributed by atoms with Gasteiger partial charge in [0, 0.05) is 22.1 Å². The lowest BCUT2D eigenvalue weighted by molar-refractivity contribution is 0.332. The molecule has 0 fully saturated rings. The van der Waals surface area contributed by atoms with Crippen LogP contribution >= 0.6 is 0 Å². The molecule has 0 bridgehead atoms. The molecule has 2 nitrogen and oxygen atoms in total. The Morgan fingerprint density at radius 1 is 0.478 bits per heavy atom. The minimum Gasteiger partial charge on any atom is -0.454 e. The second kappa shape index (κ2) is 10.8. The Morgan fingerprint density at radius 2 is 0.957 bits per heavy atom. The highest BCUT2D eigenvalue weighted by atomic mass is 16.3. The highest BCUT2D eigenvalue weighted by molar-refractivity contribution is 6.10. The van der Waals surface area contributed by atoms with Crippen molar-refractivity contribution >= 4 is 39.0 Å². The lowest BCUT2D eigenvalue weighted by Crippen LogP contribution is -2.33. The lowest BCUT2D eigenvalue weighted by Gasteiger charge is -2.41. The maximum Gasteiger partial charge on any atom is 0.159 e. The molecule has 0 unspecified atom stereocenters. The zero-order valence-electron chi connectivity index (χ0n) is 27.0. The van der Waals surface area contributed by atoms with Crippen molar-refractivity contribution in [2.24, 2.45) is 0 Å². The van der Waals surface area contributed by atoms with Gasteiger partial charge in [-0.1, -0.05) is 125 Å². The van der Waals surface area contributed by atoms with Crippen LogP contribution in [0.1, 0.15) is 51.7 Å². The van der Waals surface area contributed by atoms with E-state index in [1.54, 1.807) is 0 Å². The highest BCUT2D eigenvalue weighted by Crippen LogP contribution is 2.49. The molecule has 1 aliphatic rings. The molecular formula is C44H39NO. The van der Waals surface area contributed by atoms with Gasteiger partial charge in [-0.2, -0.15) is 0 Å². The molecule has 1 aliphatic carbocycles. The molecule has 2 heteroatoms. The summed E-state index contributed by atoms with van der Waals surface area (Å²) in [5.74, 6) is 0. The maximum absolute atomic E-state index is 6.88. The van der Waals surface area contributed by atoms with Crippen LogP contribution in [-0.2, 0) is 10.8 Å². The molecule has 0 N–H and O–H groups in total. The first-order valence-electron chi connectivity index (χ1n) is 16.4.